The SMILES string of the molecule is O=C(O)c1[c]c2ccccc2[c]c1. The molecule has 2 heteroatoms. The quantitative estimate of drug-likeness (QED) is 0.711. The summed E-state index contributed by atoms with van der Waals surface area (Å²) in [5.41, 5.74) is 0.152. The summed E-state index contributed by atoms with van der Waals surface area (Å²) in [7, 11) is 0. The van der Waals surface area contributed by atoms with Crippen LogP contribution in [0.3, 0.4) is 0 Å². The Labute approximate surface area is 75.4 Å². The van der Waals surface area contributed by atoms with E-state index in [4.69, 9.17) is 5.11 Å². The van der Waals surface area contributed by atoms with E-state index in [1.165, 1.54) is 6.07 Å². The van der Waals surface area contributed by atoms with Gasteiger partial charge in [-0.1, -0.05) is 24.3 Å². The Balaban J connectivity index is 2.69. The number of fused-ring (bicyclic) bond motifs is 1. The van der Waals surface area contributed by atoms with Crippen molar-refractivity contribution in [2.75, 3.05) is 0 Å². The van der Waals surface area contributed by atoms with Crippen LogP contribution in [0.1, 0.15) is 10.4 Å². The van der Waals surface area contributed by atoms with Crippen LogP contribution in [0, 0.1) is 12.1 Å². The van der Waals surface area contributed by atoms with Crippen molar-refractivity contribution in [2.45, 2.75) is 0 Å². The molecule has 0 aliphatic carbocycles. The van der Waals surface area contributed by atoms with E-state index in [0.29, 0.717) is 0 Å². The lowest BCUT2D eigenvalue weighted by Gasteiger charge is -1.96. The Morgan fingerprint density at radius 3 is 2.62 bits per heavy atom. The highest BCUT2D eigenvalue weighted by Gasteiger charge is 2.02. The number of carbonyl (C=O) groups is 1. The third-order valence-corrected chi connectivity index (χ3v) is 1.80. The zero-order valence-corrected chi connectivity index (χ0v) is 6.74. The molecule has 13 heavy (non-hydrogen) atoms. The molecule has 0 unspecified atom stereocenters. The minimum atomic E-state index is -0.970. The number of carboxylic acid groups (broad SMARTS) is 1. The Kier molecular flexibility index (Phi) is 1.74. The van der Waals surface area contributed by atoms with Crippen LogP contribution in [-0.2, 0) is 0 Å². The number of hydrogen-bond acceptors (Lipinski definition) is 1. The number of rotatable bonds is 1. The van der Waals surface area contributed by atoms with Crippen molar-refractivity contribution >= 4 is 16.7 Å². The fourth-order valence-corrected chi connectivity index (χ4v) is 1.16. The van der Waals surface area contributed by atoms with Crippen LogP contribution in [0.4, 0.5) is 0 Å². The summed E-state index contributed by atoms with van der Waals surface area (Å²) in [5, 5.41) is 10.4. The summed E-state index contributed by atoms with van der Waals surface area (Å²) in [5.74, 6) is -0.970. The summed E-state index contributed by atoms with van der Waals surface area (Å²) >= 11 is 0. The Morgan fingerprint density at radius 1 is 1.23 bits per heavy atom. The highest BCUT2D eigenvalue weighted by atomic mass is 16.4. The van der Waals surface area contributed by atoms with Crippen molar-refractivity contribution in [3.05, 3.63) is 48.0 Å². The summed E-state index contributed by atoms with van der Waals surface area (Å²) in [6, 6.07) is 14.5. The molecule has 2 nitrogen and oxygen atoms in total. The first-order valence-electron chi connectivity index (χ1n) is 3.83. The molecule has 0 atom stereocenters. The Hall–Kier alpha value is -1.83. The second kappa shape index (κ2) is 2.90. The molecule has 0 saturated heterocycles. The van der Waals surface area contributed by atoms with Crippen molar-refractivity contribution in [1.82, 2.24) is 0 Å². The van der Waals surface area contributed by atoms with Crippen LogP contribution in [0.25, 0.3) is 10.8 Å². The van der Waals surface area contributed by atoms with Crippen LogP contribution in [0.5, 0.6) is 0 Å². The lowest BCUT2D eigenvalue weighted by molar-refractivity contribution is 0.0696. The van der Waals surface area contributed by atoms with Gasteiger partial charge in [0.25, 0.3) is 0 Å². The molecule has 0 heterocycles. The molecule has 0 fully saturated rings. The second-order valence-electron chi connectivity index (χ2n) is 2.68. The van der Waals surface area contributed by atoms with Gasteiger partial charge in [0.05, 0.1) is 5.56 Å². The molecular weight excluding hydrogens is 164 g/mol. The van der Waals surface area contributed by atoms with Crippen LogP contribution in [0.15, 0.2) is 30.3 Å². The van der Waals surface area contributed by atoms with Crippen molar-refractivity contribution in [1.29, 1.82) is 0 Å². The minimum absolute atomic E-state index is 0.152. The predicted octanol–water partition coefficient (Wildman–Crippen LogP) is 2.14. The van der Waals surface area contributed by atoms with Gasteiger partial charge in [-0.3, -0.25) is 0 Å². The second-order valence-corrected chi connectivity index (χ2v) is 2.68. The first-order chi connectivity index (χ1) is 6.27. The molecule has 0 aromatic heterocycles. The number of benzene rings is 2. The monoisotopic (exact) mass is 170 g/mol. The maximum atomic E-state index is 10.6. The van der Waals surface area contributed by atoms with Crippen molar-refractivity contribution < 1.29 is 9.90 Å². The molecule has 0 spiro atoms. The number of aromatic carboxylic acids is 1. The highest BCUT2D eigenvalue weighted by Crippen LogP contribution is 2.13. The van der Waals surface area contributed by atoms with Gasteiger partial charge in [-0.25, -0.2) is 4.79 Å². The van der Waals surface area contributed by atoms with E-state index < -0.39 is 5.97 Å². The van der Waals surface area contributed by atoms with Crippen LogP contribution in [0.2, 0.25) is 0 Å². The van der Waals surface area contributed by atoms with E-state index >= 15 is 0 Å². The normalized spacial score (nSPS) is 10.2. The predicted molar refractivity (Wildman–Crippen MR) is 48.6 cm³/mol. The van der Waals surface area contributed by atoms with E-state index in [-0.39, 0.29) is 5.56 Å². The van der Waals surface area contributed by atoms with E-state index in [1.54, 1.807) is 0 Å². The molecule has 2 aromatic rings. The molecule has 0 aliphatic rings. The maximum absolute atomic E-state index is 10.6. The maximum Gasteiger partial charge on any atom is 0.336 e. The van der Waals surface area contributed by atoms with Gasteiger partial charge in [0, 0.05) is 6.07 Å². The first kappa shape index (κ1) is 7.80. The van der Waals surface area contributed by atoms with Gasteiger partial charge in [-0.15, -0.1) is 0 Å². The summed E-state index contributed by atoms with van der Waals surface area (Å²) in [4.78, 5) is 10.6. The van der Waals surface area contributed by atoms with Crippen molar-refractivity contribution in [2.24, 2.45) is 0 Å². The smallest absolute Gasteiger partial charge is 0.336 e. The number of carboxylic acids is 1. The molecule has 0 aliphatic heterocycles. The zero-order valence-electron chi connectivity index (χ0n) is 6.74. The van der Waals surface area contributed by atoms with Gasteiger partial charge in [-0.2, -0.15) is 0 Å². The standard InChI is InChI=1S/C11H6O2/c12-11(13)10-6-5-8-3-1-2-4-9(8)7-10/h1-4,6H,(H,12,13). The zero-order chi connectivity index (χ0) is 9.26. The lowest BCUT2D eigenvalue weighted by Crippen LogP contribution is -1.95. The number of hydrogen-bond donors (Lipinski definition) is 1. The van der Waals surface area contributed by atoms with E-state index in [2.05, 4.69) is 12.1 Å². The van der Waals surface area contributed by atoms with Crippen LogP contribution < -0.4 is 0 Å². The highest BCUT2D eigenvalue weighted by molar-refractivity contribution is 5.93. The topological polar surface area (TPSA) is 37.3 Å². The van der Waals surface area contributed by atoms with E-state index in [1.807, 2.05) is 24.3 Å². The van der Waals surface area contributed by atoms with Gasteiger partial charge in [0.1, 0.15) is 0 Å². The molecule has 62 valence electrons. The van der Waals surface area contributed by atoms with Gasteiger partial charge in [0.15, 0.2) is 0 Å². The summed E-state index contributed by atoms with van der Waals surface area (Å²) < 4.78 is 0. The third-order valence-electron chi connectivity index (χ3n) is 1.80. The Morgan fingerprint density at radius 2 is 1.92 bits per heavy atom. The molecule has 2 rings (SSSR count). The van der Waals surface area contributed by atoms with Crippen molar-refractivity contribution in [3.8, 4) is 0 Å². The third kappa shape index (κ3) is 1.38. The van der Waals surface area contributed by atoms with Crippen LogP contribution >= 0.6 is 0 Å². The fourth-order valence-electron chi connectivity index (χ4n) is 1.16. The average Bonchev–Trinajstić information content (AvgIpc) is 2.17. The molecule has 0 amide bonds. The summed E-state index contributed by atoms with van der Waals surface area (Å²) in [6.45, 7) is 0. The first-order valence-corrected chi connectivity index (χ1v) is 3.83. The lowest BCUT2D eigenvalue weighted by atomic mass is 10.1. The van der Waals surface area contributed by atoms with Gasteiger partial charge in [0.2, 0.25) is 0 Å². The molecule has 0 saturated carbocycles. The fraction of sp³-hybridized carbons (Fsp3) is 0. The molecule has 0 bridgehead atoms. The van der Waals surface area contributed by atoms with E-state index in [0.717, 1.165) is 10.8 Å². The molecule has 1 N–H and O–H groups in total. The van der Waals surface area contributed by atoms with E-state index in [9.17, 15) is 4.79 Å². The Bertz CT molecular complexity index is 460. The van der Waals surface area contributed by atoms with Gasteiger partial charge in [-0.05, 0) is 22.9 Å². The summed E-state index contributed by atoms with van der Waals surface area (Å²) in [6.07, 6.45) is 0. The van der Waals surface area contributed by atoms with Crippen molar-refractivity contribution in [3.63, 3.8) is 0 Å². The molecular formula is C11H6O2. The minimum Gasteiger partial charge on any atom is -0.478 e. The average molecular weight is 170 g/mol. The molecule has 2 aromatic carbocycles. The van der Waals surface area contributed by atoms with Gasteiger partial charge >= 0.3 is 5.97 Å². The molecule has 2 radical (unpaired) electrons. The van der Waals surface area contributed by atoms with Crippen LogP contribution in [-0.4, -0.2) is 11.1 Å². The largest absolute Gasteiger partial charge is 0.478 e. The van der Waals surface area contributed by atoms with Gasteiger partial charge < -0.3 is 5.11 Å².